The fraction of sp³-hybridized carbons (Fsp3) is 0.917. The zero-order chi connectivity index (χ0) is 11.1. The van der Waals surface area contributed by atoms with Gasteiger partial charge in [-0.25, -0.2) is 0 Å². The average molecular weight is 211 g/mol. The second-order valence-electron chi connectivity index (χ2n) is 5.71. The van der Waals surface area contributed by atoms with Crippen LogP contribution in [-0.4, -0.2) is 23.2 Å². The van der Waals surface area contributed by atoms with Crippen LogP contribution in [0.15, 0.2) is 0 Å². The third kappa shape index (κ3) is 2.33. The number of aliphatic hydroxyl groups excluding tert-OH is 1. The van der Waals surface area contributed by atoms with Gasteiger partial charge in [0.05, 0.1) is 12.1 Å². The van der Waals surface area contributed by atoms with Crippen LogP contribution >= 0.6 is 0 Å². The van der Waals surface area contributed by atoms with Gasteiger partial charge in [0.1, 0.15) is 0 Å². The van der Waals surface area contributed by atoms with Gasteiger partial charge in [0.2, 0.25) is 5.91 Å². The minimum Gasteiger partial charge on any atom is -0.391 e. The number of amides is 1. The number of carbonyl (C=O) groups excluding carboxylic acids is 1. The molecule has 2 saturated carbocycles. The molecule has 3 heteroatoms. The maximum Gasteiger partial charge on any atom is 0.223 e. The molecule has 15 heavy (non-hydrogen) atoms. The highest BCUT2D eigenvalue weighted by Gasteiger charge is 2.51. The maximum absolute atomic E-state index is 11.8. The molecule has 3 nitrogen and oxygen atoms in total. The lowest BCUT2D eigenvalue weighted by atomic mass is 9.92. The summed E-state index contributed by atoms with van der Waals surface area (Å²) in [4.78, 5) is 11.8. The fourth-order valence-electron chi connectivity index (χ4n) is 2.48. The van der Waals surface area contributed by atoms with Crippen molar-refractivity contribution in [3.63, 3.8) is 0 Å². The van der Waals surface area contributed by atoms with Gasteiger partial charge in [0.25, 0.3) is 0 Å². The average Bonchev–Trinajstić information content (AvgIpc) is 2.79. The smallest absolute Gasteiger partial charge is 0.223 e. The Morgan fingerprint density at radius 3 is 2.47 bits per heavy atom. The molecule has 2 aliphatic carbocycles. The zero-order valence-corrected chi connectivity index (χ0v) is 9.62. The highest BCUT2D eigenvalue weighted by molar-refractivity contribution is 5.82. The van der Waals surface area contributed by atoms with Crippen molar-refractivity contribution in [3.8, 4) is 0 Å². The van der Waals surface area contributed by atoms with Crippen molar-refractivity contribution < 1.29 is 9.90 Å². The summed E-state index contributed by atoms with van der Waals surface area (Å²) in [6.07, 6.45) is 4.63. The Morgan fingerprint density at radius 1 is 1.33 bits per heavy atom. The molecule has 86 valence electrons. The molecule has 0 aromatic rings. The van der Waals surface area contributed by atoms with Crippen molar-refractivity contribution in [3.05, 3.63) is 0 Å². The molecule has 0 bridgehead atoms. The summed E-state index contributed by atoms with van der Waals surface area (Å²) < 4.78 is 0. The van der Waals surface area contributed by atoms with Gasteiger partial charge < -0.3 is 10.4 Å². The molecular formula is C12H21NO2. The summed E-state index contributed by atoms with van der Waals surface area (Å²) in [5.41, 5.74) is 0.184. The molecule has 1 amide bonds. The lowest BCUT2D eigenvalue weighted by Gasteiger charge is -2.28. The van der Waals surface area contributed by atoms with E-state index in [2.05, 4.69) is 19.2 Å². The lowest BCUT2D eigenvalue weighted by Crippen LogP contribution is -2.46. The summed E-state index contributed by atoms with van der Waals surface area (Å²) in [5, 5.41) is 12.7. The quantitative estimate of drug-likeness (QED) is 0.726. The molecule has 2 N–H and O–H groups in total. The van der Waals surface area contributed by atoms with Crippen LogP contribution in [0.3, 0.4) is 0 Å². The monoisotopic (exact) mass is 211 g/mol. The molecular weight excluding hydrogens is 190 g/mol. The van der Waals surface area contributed by atoms with Gasteiger partial charge >= 0.3 is 0 Å². The highest BCUT2D eigenvalue weighted by Crippen LogP contribution is 2.51. The number of hydrogen-bond donors (Lipinski definition) is 2. The third-order valence-corrected chi connectivity index (χ3v) is 3.89. The molecule has 0 aromatic carbocycles. The molecule has 2 rings (SSSR count). The number of nitrogens with one attached hydrogen (secondary N) is 1. The van der Waals surface area contributed by atoms with E-state index in [0.29, 0.717) is 0 Å². The minimum absolute atomic E-state index is 0.00245. The van der Waals surface area contributed by atoms with Crippen molar-refractivity contribution >= 4 is 5.91 Å². The zero-order valence-electron chi connectivity index (χ0n) is 9.62. The third-order valence-electron chi connectivity index (χ3n) is 3.89. The van der Waals surface area contributed by atoms with Gasteiger partial charge in [-0.3, -0.25) is 4.79 Å². The van der Waals surface area contributed by atoms with Crippen LogP contribution in [0.4, 0.5) is 0 Å². The second-order valence-corrected chi connectivity index (χ2v) is 5.71. The molecule has 0 aromatic heterocycles. The van der Waals surface area contributed by atoms with Crippen LogP contribution in [0, 0.1) is 11.3 Å². The SMILES string of the molecule is CC1(C)CC1C(=O)N[C@H]1CCCC[C@@H]1O. The Morgan fingerprint density at radius 2 is 1.93 bits per heavy atom. The predicted molar refractivity (Wildman–Crippen MR) is 58.3 cm³/mol. The Hall–Kier alpha value is -0.570. The Labute approximate surface area is 91.2 Å². The van der Waals surface area contributed by atoms with Gasteiger partial charge in [-0.05, 0) is 24.7 Å². The molecule has 3 atom stereocenters. The van der Waals surface area contributed by atoms with E-state index >= 15 is 0 Å². The highest BCUT2D eigenvalue weighted by atomic mass is 16.3. The van der Waals surface area contributed by atoms with E-state index in [1.807, 2.05) is 0 Å². The predicted octanol–water partition coefficient (Wildman–Crippen LogP) is 1.45. The minimum atomic E-state index is -0.329. The van der Waals surface area contributed by atoms with Crippen molar-refractivity contribution in [2.75, 3.05) is 0 Å². The Bertz CT molecular complexity index is 262. The van der Waals surface area contributed by atoms with E-state index in [-0.39, 0.29) is 29.4 Å². The molecule has 0 saturated heterocycles. The van der Waals surface area contributed by atoms with Gasteiger partial charge in [-0.2, -0.15) is 0 Å². The van der Waals surface area contributed by atoms with Crippen molar-refractivity contribution in [1.29, 1.82) is 0 Å². The molecule has 0 radical (unpaired) electrons. The van der Waals surface area contributed by atoms with Gasteiger partial charge in [0, 0.05) is 5.92 Å². The first kappa shape index (κ1) is 10.9. The molecule has 0 spiro atoms. The van der Waals surface area contributed by atoms with E-state index in [1.54, 1.807) is 0 Å². The topological polar surface area (TPSA) is 49.3 Å². The fourth-order valence-corrected chi connectivity index (χ4v) is 2.48. The summed E-state index contributed by atoms with van der Waals surface area (Å²) >= 11 is 0. The van der Waals surface area contributed by atoms with Gasteiger partial charge in [-0.15, -0.1) is 0 Å². The number of rotatable bonds is 2. The van der Waals surface area contributed by atoms with Crippen molar-refractivity contribution in [1.82, 2.24) is 5.32 Å². The Balaban J connectivity index is 1.83. The van der Waals surface area contributed by atoms with E-state index in [4.69, 9.17) is 0 Å². The standard InChI is InChI=1S/C12H21NO2/c1-12(2)7-8(12)11(15)13-9-5-3-4-6-10(9)14/h8-10,14H,3-7H2,1-2H3,(H,13,15)/t8?,9-,10-/m0/s1. The first-order chi connectivity index (χ1) is 7.00. The lowest BCUT2D eigenvalue weighted by molar-refractivity contribution is -0.124. The van der Waals surface area contributed by atoms with Crippen molar-refractivity contribution in [2.45, 2.75) is 58.1 Å². The van der Waals surface area contributed by atoms with Crippen LogP contribution in [-0.2, 0) is 4.79 Å². The molecule has 0 aliphatic heterocycles. The van der Waals surface area contributed by atoms with Gasteiger partial charge in [0.15, 0.2) is 0 Å². The van der Waals surface area contributed by atoms with Crippen molar-refractivity contribution in [2.24, 2.45) is 11.3 Å². The maximum atomic E-state index is 11.8. The second kappa shape index (κ2) is 3.78. The number of hydrogen-bond acceptors (Lipinski definition) is 2. The van der Waals surface area contributed by atoms with Crippen LogP contribution in [0.1, 0.15) is 46.0 Å². The summed E-state index contributed by atoms with van der Waals surface area (Å²) in [5.74, 6) is 0.317. The van der Waals surface area contributed by atoms with Gasteiger partial charge in [-0.1, -0.05) is 26.7 Å². The van der Waals surface area contributed by atoms with E-state index < -0.39 is 0 Å². The van der Waals surface area contributed by atoms with Crippen LogP contribution < -0.4 is 5.32 Å². The normalized spacial score (nSPS) is 38.5. The van der Waals surface area contributed by atoms with E-state index in [0.717, 1.165) is 32.1 Å². The summed E-state index contributed by atoms with van der Waals surface area (Å²) in [7, 11) is 0. The molecule has 2 aliphatic rings. The molecule has 2 fully saturated rings. The van der Waals surface area contributed by atoms with E-state index in [1.165, 1.54) is 0 Å². The number of carbonyl (C=O) groups is 1. The van der Waals surface area contributed by atoms with Crippen LogP contribution in [0.25, 0.3) is 0 Å². The molecule has 1 unspecified atom stereocenters. The first-order valence-electron chi connectivity index (χ1n) is 5.99. The largest absolute Gasteiger partial charge is 0.391 e. The van der Waals surface area contributed by atoms with Crippen LogP contribution in [0.2, 0.25) is 0 Å². The van der Waals surface area contributed by atoms with Crippen LogP contribution in [0.5, 0.6) is 0 Å². The molecule has 0 heterocycles. The first-order valence-corrected chi connectivity index (χ1v) is 5.99. The summed E-state index contributed by atoms with van der Waals surface area (Å²) in [6, 6.07) is 0.00245. The summed E-state index contributed by atoms with van der Waals surface area (Å²) in [6.45, 7) is 4.24. The number of aliphatic hydroxyl groups is 1. The Kier molecular flexibility index (Phi) is 2.75. The van der Waals surface area contributed by atoms with E-state index in [9.17, 15) is 9.90 Å².